The van der Waals surface area contributed by atoms with Crippen LogP contribution in [0, 0.1) is 0 Å². The molecule has 0 N–H and O–H groups in total. The summed E-state index contributed by atoms with van der Waals surface area (Å²) in [6.07, 6.45) is 2.32. The van der Waals surface area contributed by atoms with Gasteiger partial charge in [0.15, 0.2) is 0 Å². The van der Waals surface area contributed by atoms with E-state index in [1.165, 1.54) is 24.4 Å². The van der Waals surface area contributed by atoms with E-state index >= 15 is 0 Å². The van der Waals surface area contributed by atoms with E-state index in [1.807, 2.05) is 0 Å². The molecule has 0 spiro atoms. The molecule has 0 aliphatic carbocycles. The third kappa shape index (κ3) is 3.90. The third-order valence-corrected chi connectivity index (χ3v) is 3.44. The molecule has 0 unspecified atom stereocenters. The van der Waals surface area contributed by atoms with E-state index in [1.54, 1.807) is 0 Å². The molecule has 0 saturated heterocycles. The van der Waals surface area contributed by atoms with Gasteiger partial charge in [-0.3, -0.25) is 4.79 Å². The van der Waals surface area contributed by atoms with Crippen molar-refractivity contribution in [3.8, 4) is 0 Å². The second-order valence-corrected chi connectivity index (χ2v) is 5.56. The lowest BCUT2D eigenvalue weighted by atomic mass is 9.78. The van der Waals surface area contributed by atoms with Crippen LogP contribution in [0.15, 0.2) is 18.2 Å². The molecule has 0 amide bonds. The van der Waals surface area contributed by atoms with Gasteiger partial charge in [0.05, 0.1) is 0 Å². The number of rotatable bonds is 5. The van der Waals surface area contributed by atoms with E-state index in [0.29, 0.717) is 6.61 Å². The minimum Gasteiger partial charge on any atom is -0.461 e. The Kier molecular flexibility index (Phi) is 5.00. The van der Waals surface area contributed by atoms with E-state index in [0.717, 1.165) is 12.0 Å². The van der Waals surface area contributed by atoms with Gasteiger partial charge in [-0.2, -0.15) is 0 Å². The summed E-state index contributed by atoms with van der Waals surface area (Å²) in [7, 11) is 2.05. The number of carbonyl (C=O) groups excluding carboxylic acids is 1. The van der Waals surface area contributed by atoms with Crippen molar-refractivity contribution in [2.75, 3.05) is 0 Å². The number of benzene rings is 1. The van der Waals surface area contributed by atoms with Gasteiger partial charge in [-0.15, -0.1) is 0 Å². The summed E-state index contributed by atoms with van der Waals surface area (Å²) in [6.45, 7) is 8.54. The van der Waals surface area contributed by atoms with E-state index in [4.69, 9.17) is 4.74 Å². The minimum atomic E-state index is -0.229. The standard InChI is InChI=1S/C15H23BO2/c1-5-8-15(3,4)13-6-7-14(16)12(9-13)10-18-11(2)17/h6-7,9H,5,8,10,16H2,1-4H3. The van der Waals surface area contributed by atoms with Crippen molar-refractivity contribution >= 4 is 19.3 Å². The maximum absolute atomic E-state index is 10.9. The molecule has 0 heterocycles. The van der Waals surface area contributed by atoms with Gasteiger partial charge in [0, 0.05) is 6.92 Å². The van der Waals surface area contributed by atoms with Crippen LogP contribution in [0.5, 0.6) is 0 Å². The van der Waals surface area contributed by atoms with Gasteiger partial charge < -0.3 is 4.74 Å². The smallest absolute Gasteiger partial charge is 0.302 e. The lowest BCUT2D eigenvalue weighted by molar-refractivity contribution is -0.142. The van der Waals surface area contributed by atoms with Crippen LogP contribution < -0.4 is 5.46 Å². The lowest BCUT2D eigenvalue weighted by Gasteiger charge is -2.26. The summed E-state index contributed by atoms with van der Waals surface area (Å²) in [4.78, 5) is 10.9. The molecular weight excluding hydrogens is 223 g/mol. The van der Waals surface area contributed by atoms with E-state index in [9.17, 15) is 4.79 Å². The minimum absolute atomic E-state index is 0.174. The van der Waals surface area contributed by atoms with Gasteiger partial charge >= 0.3 is 5.97 Å². The van der Waals surface area contributed by atoms with Gasteiger partial charge in [-0.25, -0.2) is 0 Å². The quantitative estimate of drug-likeness (QED) is 0.587. The summed E-state index contributed by atoms with van der Waals surface area (Å²) in [5.41, 5.74) is 3.77. The molecule has 0 aliphatic heterocycles. The Morgan fingerprint density at radius 1 is 1.39 bits per heavy atom. The zero-order chi connectivity index (χ0) is 13.8. The largest absolute Gasteiger partial charge is 0.461 e. The fraction of sp³-hybridized carbons (Fsp3) is 0.533. The van der Waals surface area contributed by atoms with Gasteiger partial charge in [-0.1, -0.05) is 50.9 Å². The number of ether oxygens (including phenoxy) is 1. The van der Waals surface area contributed by atoms with Crippen molar-refractivity contribution in [2.24, 2.45) is 0 Å². The Morgan fingerprint density at radius 3 is 2.61 bits per heavy atom. The van der Waals surface area contributed by atoms with Crippen molar-refractivity contribution in [3.63, 3.8) is 0 Å². The predicted octanol–water partition coefficient (Wildman–Crippen LogP) is 2.09. The molecule has 0 saturated carbocycles. The Hall–Kier alpha value is -1.25. The molecule has 1 aromatic rings. The first-order valence-electron chi connectivity index (χ1n) is 6.60. The molecule has 0 aliphatic rings. The molecule has 0 radical (unpaired) electrons. The van der Waals surface area contributed by atoms with Crippen LogP contribution in [0.1, 0.15) is 51.7 Å². The predicted molar refractivity (Wildman–Crippen MR) is 78.0 cm³/mol. The lowest BCUT2D eigenvalue weighted by Crippen LogP contribution is -2.20. The van der Waals surface area contributed by atoms with E-state index < -0.39 is 0 Å². The number of hydrogen-bond acceptors (Lipinski definition) is 2. The molecule has 0 bridgehead atoms. The monoisotopic (exact) mass is 246 g/mol. The van der Waals surface area contributed by atoms with Gasteiger partial charge in [0.2, 0.25) is 0 Å². The van der Waals surface area contributed by atoms with Crippen molar-refractivity contribution in [1.82, 2.24) is 0 Å². The molecule has 18 heavy (non-hydrogen) atoms. The highest BCUT2D eigenvalue weighted by molar-refractivity contribution is 6.33. The molecule has 0 aromatic heterocycles. The SMILES string of the molecule is Bc1ccc(C(C)(C)CCC)cc1COC(C)=O. The summed E-state index contributed by atoms with van der Waals surface area (Å²) < 4.78 is 5.10. The topological polar surface area (TPSA) is 26.3 Å². The number of hydrogen-bond donors (Lipinski definition) is 0. The molecule has 3 heteroatoms. The first kappa shape index (κ1) is 14.8. The zero-order valence-corrected chi connectivity index (χ0v) is 12.2. The molecule has 1 aromatic carbocycles. The van der Waals surface area contributed by atoms with Crippen LogP contribution >= 0.6 is 0 Å². The molecule has 2 nitrogen and oxygen atoms in total. The summed E-state index contributed by atoms with van der Waals surface area (Å²) in [5.74, 6) is -0.229. The van der Waals surface area contributed by atoms with Crippen LogP contribution in [-0.2, 0) is 21.6 Å². The summed E-state index contributed by atoms with van der Waals surface area (Å²) >= 11 is 0. The van der Waals surface area contributed by atoms with Crippen LogP contribution in [0.25, 0.3) is 0 Å². The first-order valence-corrected chi connectivity index (χ1v) is 6.60. The highest BCUT2D eigenvalue weighted by Gasteiger charge is 2.20. The van der Waals surface area contributed by atoms with E-state index in [2.05, 4.69) is 46.8 Å². The van der Waals surface area contributed by atoms with Crippen molar-refractivity contribution in [2.45, 2.75) is 52.6 Å². The summed E-state index contributed by atoms with van der Waals surface area (Å²) in [5, 5.41) is 0. The molecule has 1 rings (SSSR count). The highest BCUT2D eigenvalue weighted by atomic mass is 16.5. The Bertz CT molecular complexity index is 425. The Labute approximate surface area is 111 Å². The zero-order valence-electron chi connectivity index (χ0n) is 12.2. The second-order valence-electron chi connectivity index (χ2n) is 5.56. The molecule has 98 valence electrons. The fourth-order valence-corrected chi connectivity index (χ4v) is 2.20. The maximum atomic E-state index is 10.9. The summed E-state index contributed by atoms with van der Waals surface area (Å²) in [6, 6.07) is 6.47. The normalized spacial score (nSPS) is 11.3. The molecule has 0 atom stereocenters. The van der Waals surface area contributed by atoms with E-state index in [-0.39, 0.29) is 11.4 Å². The van der Waals surface area contributed by atoms with Crippen LogP contribution in [0.3, 0.4) is 0 Å². The highest BCUT2D eigenvalue weighted by Crippen LogP contribution is 2.28. The number of carbonyl (C=O) groups is 1. The Morgan fingerprint density at radius 2 is 2.06 bits per heavy atom. The average molecular weight is 246 g/mol. The van der Waals surface area contributed by atoms with Crippen LogP contribution in [0.4, 0.5) is 0 Å². The molecule has 0 fully saturated rings. The van der Waals surface area contributed by atoms with Gasteiger partial charge in [0.1, 0.15) is 14.5 Å². The van der Waals surface area contributed by atoms with Gasteiger partial charge in [-0.05, 0) is 23.0 Å². The number of esters is 1. The maximum Gasteiger partial charge on any atom is 0.302 e. The first-order chi connectivity index (χ1) is 8.36. The van der Waals surface area contributed by atoms with Crippen LogP contribution in [0.2, 0.25) is 0 Å². The average Bonchev–Trinajstić information content (AvgIpc) is 2.27. The Balaban J connectivity index is 2.96. The van der Waals surface area contributed by atoms with Crippen molar-refractivity contribution < 1.29 is 9.53 Å². The van der Waals surface area contributed by atoms with Crippen molar-refractivity contribution in [3.05, 3.63) is 29.3 Å². The third-order valence-electron chi connectivity index (χ3n) is 3.44. The second kappa shape index (κ2) is 6.08. The van der Waals surface area contributed by atoms with Gasteiger partial charge in [0.25, 0.3) is 0 Å². The fourth-order valence-electron chi connectivity index (χ4n) is 2.20. The van der Waals surface area contributed by atoms with Crippen molar-refractivity contribution in [1.29, 1.82) is 0 Å². The van der Waals surface area contributed by atoms with Crippen LogP contribution in [-0.4, -0.2) is 13.8 Å². The molecular formula is C15H23BO2.